The Morgan fingerprint density at radius 3 is 2.28 bits per heavy atom. The van der Waals surface area contributed by atoms with Gasteiger partial charge in [-0.3, -0.25) is 4.79 Å². The second-order valence-corrected chi connectivity index (χ2v) is 5.67. The zero-order valence-electron chi connectivity index (χ0n) is 11.8. The van der Waals surface area contributed by atoms with Crippen molar-refractivity contribution in [1.82, 2.24) is 5.32 Å². The molecule has 3 heteroatoms. The van der Waals surface area contributed by atoms with Crippen LogP contribution in [0.3, 0.4) is 0 Å². The molecule has 1 aromatic carbocycles. The van der Waals surface area contributed by atoms with Crippen molar-refractivity contribution < 1.29 is 4.79 Å². The summed E-state index contributed by atoms with van der Waals surface area (Å²) >= 11 is 0. The van der Waals surface area contributed by atoms with Crippen LogP contribution in [-0.2, 0) is 11.3 Å². The summed E-state index contributed by atoms with van der Waals surface area (Å²) < 4.78 is 0. The number of nitrogens with two attached hydrogens (primary N) is 1. The van der Waals surface area contributed by atoms with Gasteiger partial charge in [0.15, 0.2) is 0 Å². The van der Waals surface area contributed by atoms with Crippen molar-refractivity contribution in [2.24, 2.45) is 11.1 Å². The van der Waals surface area contributed by atoms with Gasteiger partial charge < -0.3 is 11.1 Å². The zero-order chi connectivity index (χ0) is 13.8. The Labute approximate surface area is 110 Å². The van der Waals surface area contributed by atoms with Crippen LogP contribution < -0.4 is 11.1 Å². The number of carbonyl (C=O) groups is 1. The highest BCUT2D eigenvalue weighted by atomic mass is 16.2. The fourth-order valence-electron chi connectivity index (χ4n) is 1.53. The molecule has 18 heavy (non-hydrogen) atoms. The van der Waals surface area contributed by atoms with Crippen LogP contribution >= 0.6 is 0 Å². The van der Waals surface area contributed by atoms with E-state index in [-0.39, 0.29) is 5.91 Å². The molecule has 0 saturated carbocycles. The molecule has 0 aliphatic rings. The summed E-state index contributed by atoms with van der Waals surface area (Å²) in [5.74, 6) is 0.530. The third kappa shape index (κ3) is 3.84. The summed E-state index contributed by atoms with van der Waals surface area (Å²) in [5.41, 5.74) is 7.49. The van der Waals surface area contributed by atoms with Crippen molar-refractivity contribution in [1.29, 1.82) is 0 Å². The molecule has 3 nitrogen and oxygen atoms in total. The molecule has 1 amide bonds. The topological polar surface area (TPSA) is 55.1 Å². The second kappa shape index (κ2) is 6.01. The largest absolute Gasteiger partial charge is 0.352 e. The number of nitrogens with one attached hydrogen (secondary N) is 1. The molecule has 0 unspecified atom stereocenters. The van der Waals surface area contributed by atoms with Gasteiger partial charge in [-0.15, -0.1) is 0 Å². The minimum Gasteiger partial charge on any atom is -0.352 e. The third-order valence-corrected chi connectivity index (χ3v) is 3.22. The average molecular weight is 248 g/mol. The summed E-state index contributed by atoms with van der Waals surface area (Å²) in [6.07, 6.45) is 0. The first kappa shape index (κ1) is 14.7. The van der Waals surface area contributed by atoms with Gasteiger partial charge in [0.25, 0.3) is 0 Å². The minimum atomic E-state index is -0.502. The average Bonchev–Trinajstić information content (AvgIpc) is 2.36. The van der Waals surface area contributed by atoms with E-state index >= 15 is 0 Å². The molecule has 100 valence electrons. The van der Waals surface area contributed by atoms with Crippen LogP contribution in [0.15, 0.2) is 24.3 Å². The van der Waals surface area contributed by atoms with Gasteiger partial charge in [-0.05, 0) is 30.9 Å². The molecule has 0 radical (unpaired) electrons. The van der Waals surface area contributed by atoms with Crippen LogP contribution in [0.1, 0.15) is 44.7 Å². The third-order valence-electron chi connectivity index (χ3n) is 3.22. The number of benzene rings is 1. The van der Waals surface area contributed by atoms with Gasteiger partial charge in [0, 0.05) is 13.1 Å². The Kier molecular flexibility index (Phi) is 4.91. The highest BCUT2D eigenvalue weighted by Crippen LogP contribution is 2.15. The van der Waals surface area contributed by atoms with Crippen LogP contribution in [0.25, 0.3) is 0 Å². The maximum atomic E-state index is 11.9. The van der Waals surface area contributed by atoms with E-state index in [1.165, 1.54) is 5.56 Å². The van der Waals surface area contributed by atoms with Crippen molar-refractivity contribution >= 4 is 5.91 Å². The van der Waals surface area contributed by atoms with Crippen molar-refractivity contribution in [3.05, 3.63) is 35.4 Å². The monoisotopic (exact) mass is 248 g/mol. The lowest BCUT2D eigenvalue weighted by atomic mass is 9.92. The number of rotatable bonds is 5. The van der Waals surface area contributed by atoms with E-state index in [1.807, 2.05) is 13.8 Å². The quantitative estimate of drug-likeness (QED) is 0.840. The number of amides is 1. The number of hydrogen-bond acceptors (Lipinski definition) is 2. The van der Waals surface area contributed by atoms with E-state index in [0.717, 1.165) is 5.56 Å². The molecule has 3 N–H and O–H groups in total. The van der Waals surface area contributed by atoms with E-state index in [4.69, 9.17) is 5.73 Å². The lowest BCUT2D eigenvalue weighted by Crippen LogP contribution is -2.41. The van der Waals surface area contributed by atoms with Crippen LogP contribution in [-0.4, -0.2) is 12.5 Å². The predicted octanol–water partition coefficient (Wildman–Crippen LogP) is 2.41. The highest BCUT2D eigenvalue weighted by molar-refractivity contribution is 5.81. The SMILES string of the molecule is CC(C)c1ccc(CNC(=O)C(C)(C)CN)cc1. The highest BCUT2D eigenvalue weighted by Gasteiger charge is 2.25. The Hall–Kier alpha value is -1.35. The maximum absolute atomic E-state index is 11.9. The molecule has 0 heterocycles. The summed E-state index contributed by atoms with van der Waals surface area (Å²) in [7, 11) is 0. The predicted molar refractivity (Wildman–Crippen MR) is 75.2 cm³/mol. The summed E-state index contributed by atoms with van der Waals surface area (Å²) in [5, 5.41) is 2.92. The Morgan fingerprint density at radius 2 is 1.83 bits per heavy atom. The van der Waals surface area contributed by atoms with Crippen molar-refractivity contribution in [3.8, 4) is 0 Å². The van der Waals surface area contributed by atoms with Gasteiger partial charge in [0.2, 0.25) is 5.91 Å². The Morgan fingerprint density at radius 1 is 1.28 bits per heavy atom. The van der Waals surface area contributed by atoms with Crippen molar-refractivity contribution in [2.75, 3.05) is 6.54 Å². The van der Waals surface area contributed by atoms with E-state index in [2.05, 4.69) is 43.4 Å². The first-order valence-corrected chi connectivity index (χ1v) is 6.44. The standard InChI is InChI=1S/C15H24N2O/c1-11(2)13-7-5-12(6-8-13)9-17-14(18)15(3,4)10-16/h5-8,11H,9-10,16H2,1-4H3,(H,17,18). The normalized spacial score (nSPS) is 11.7. The van der Waals surface area contributed by atoms with Crippen LogP contribution in [0, 0.1) is 5.41 Å². The molecule has 0 atom stereocenters. The molecular formula is C15H24N2O. The van der Waals surface area contributed by atoms with Crippen molar-refractivity contribution in [2.45, 2.75) is 40.2 Å². The molecule has 0 aliphatic carbocycles. The summed E-state index contributed by atoms with van der Waals surface area (Å²) in [4.78, 5) is 11.9. The smallest absolute Gasteiger partial charge is 0.227 e. The fourth-order valence-corrected chi connectivity index (χ4v) is 1.53. The molecule has 0 spiro atoms. The molecule has 0 bridgehead atoms. The summed E-state index contributed by atoms with van der Waals surface area (Å²) in [6, 6.07) is 8.34. The van der Waals surface area contributed by atoms with E-state index in [0.29, 0.717) is 19.0 Å². The molecule has 0 saturated heterocycles. The van der Waals surface area contributed by atoms with Crippen molar-refractivity contribution in [3.63, 3.8) is 0 Å². The maximum Gasteiger partial charge on any atom is 0.227 e. The van der Waals surface area contributed by atoms with E-state index < -0.39 is 5.41 Å². The Balaban J connectivity index is 2.57. The molecule has 1 rings (SSSR count). The summed E-state index contributed by atoms with van der Waals surface area (Å²) in [6.45, 7) is 8.95. The zero-order valence-corrected chi connectivity index (χ0v) is 11.8. The first-order valence-electron chi connectivity index (χ1n) is 6.44. The first-order chi connectivity index (χ1) is 8.36. The Bertz CT molecular complexity index is 393. The van der Waals surface area contributed by atoms with Gasteiger partial charge >= 0.3 is 0 Å². The molecule has 0 fully saturated rings. The molecule has 0 aliphatic heterocycles. The van der Waals surface area contributed by atoms with E-state index in [9.17, 15) is 4.79 Å². The molecule has 0 aromatic heterocycles. The van der Waals surface area contributed by atoms with E-state index in [1.54, 1.807) is 0 Å². The lowest BCUT2D eigenvalue weighted by molar-refractivity contribution is -0.129. The molecular weight excluding hydrogens is 224 g/mol. The van der Waals surface area contributed by atoms with Gasteiger partial charge in [-0.2, -0.15) is 0 Å². The van der Waals surface area contributed by atoms with Gasteiger partial charge in [-0.25, -0.2) is 0 Å². The molecule has 1 aromatic rings. The van der Waals surface area contributed by atoms with Crippen LogP contribution in [0.2, 0.25) is 0 Å². The minimum absolute atomic E-state index is 0.00191. The second-order valence-electron chi connectivity index (χ2n) is 5.67. The van der Waals surface area contributed by atoms with Gasteiger partial charge in [-0.1, -0.05) is 38.1 Å². The lowest BCUT2D eigenvalue weighted by Gasteiger charge is -2.21. The van der Waals surface area contributed by atoms with Gasteiger partial charge in [0.1, 0.15) is 0 Å². The number of carbonyl (C=O) groups excluding carboxylic acids is 1. The van der Waals surface area contributed by atoms with Gasteiger partial charge in [0.05, 0.1) is 5.41 Å². The number of hydrogen-bond donors (Lipinski definition) is 2. The van der Waals surface area contributed by atoms with Crippen LogP contribution in [0.5, 0.6) is 0 Å². The van der Waals surface area contributed by atoms with Crippen LogP contribution in [0.4, 0.5) is 0 Å². The fraction of sp³-hybridized carbons (Fsp3) is 0.533.